The molecule has 0 bridgehead atoms. The number of nitrogens with zero attached hydrogens (tertiary/aromatic N) is 1. The van der Waals surface area contributed by atoms with Crippen LogP contribution in [0.2, 0.25) is 0 Å². The highest BCUT2D eigenvalue weighted by molar-refractivity contribution is 6.45. The molecule has 1 N–H and O–H groups in total. The Kier molecular flexibility index (Phi) is 5.17. The van der Waals surface area contributed by atoms with E-state index >= 15 is 0 Å². The maximum atomic E-state index is 11.8. The highest BCUT2D eigenvalue weighted by Crippen LogP contribution is 2.28. The zero-order valence-electron chi connectivity index (χ0n) is 10.8. The van der Waals surface area contributed by atoms with E-state index in [9.17, 15) is 4.79 Å². The summed E-state index contributed by atoms with van der Waals surface area (Å²) in [4.78, 5) is 11.8. The number of rotatable bonds is 6. The van der Waals surface area contributed by atoms with Crippen LogP contribution in [0.4, 0.5) is 0 Å². The number of ether oxygens (including phenoxy) is 2. The summed E-state index contributed by atoms with van der Waals surface area (Å²) in [7, 11) is 0. The lowest BCUT2D eigenvalue weighted by atomic mass is 10.1. The fourth-order valence-electron chi connectivity index (χ4n) is 1.45. The van der Waals surface area contributed by atoms with Crippen LogP contribution in [0.25, 0.3) is 0 Å². The molecule has 0 unspecified atom stereocenters. The van der Waals surface area contributed by atoms with Gasteiger partial charge in [0.2, 0.25) is 5.78 Å². The van der Waals surface area contributed by atoms with Gasteiger partial charge in [0, 0.05) is 5.56 Å². The maximum Gasteiger partial charge on any atom is 0.210 e. The third-order valence-corrected chi connectivity index (χ3v) is 2.28. The first kappa shape index (κ1) is 14.0. The molecule has 0 saturated heterocycles. The molecule has 0 heterocycles. The van der Waals surface area contributed by atoms with Gasteiger partial charge in [-0.3, -0.25) is 4.79 Å². The van der Waals surface area contributed by atoms with E-state index in [1.165, 1.54) is 6.92 Å². The number of carbonyl (C=O) groups excluding carboxylic acids is 1. The van der Waals surface area contributed by atoms with Gasteiger partial charge in [0.05, 0.1) is 13.2 Å². The van der Waals surface area contributed by atoms with Crippen molar-refractivity contribution in [3.63, 3.8) is 0 Å². The van der Waals surface area contributed by atoms with E-state index in [2.05, 4.69) is 5.16 Å². The average molecular weight is 251 g/mol. The molecule has 0 aliphatic carbocycles. The second-order valence-electron chi connectivity index (χ2n) is 3.54. The van der Waals surface area contributed by atoms with Crippen LogP contribution in [0.5, 0.6) is 11.5 Å². The Bertz CT molecular complexity index is 454. The Labute approximate surface area is 106 Å². The summed E-state index contributed by atoms with van der Waals surface area (Å²) in [5.74, 6) is 0.756. The van der Waals surface area contributed by atoms with Crippen molar-refractivity contribution in [3.05, 3.63) is 23.8 Å². The van der Waals surface area contributed by atoms with E-state index < -0.39 is 0 Å². The van der Waals surface area contributed by atoms with Gasteiger partial charge in [-0.1, -0.05) is 5.16 Å². The van der Waals surface area contributed by atoms with Crippen molar-refractivity contribution in [1.29, 1.82) is 0 Å². The number of Topliss-reactive ketones (excluding diaryl/α,β-unsaturated/α-hetero) is 1. The van der Waals surface area contributed by atoms with Crippen LogP contribution in [0.15, 0.2) is 23.4 Å². The molecule has 5 nitrogen and oxygen atoms in total. The smallest absolute Gasteiger partial charge is 0.210 e. The van der Waals surface area contributed by atoms with Crippen molar-refractivity contribution in [1.82, 2.24) is 0 Å². The third kappa shape index (κ3) is 3.23. The molecule has 1 aromatic carbocycles. The van der Waals surface area contributed by atoms with Crippen LogP contribution < -0.4 is 9.47 Å². The molecular weight excluding hydrogens is 234 g/mol. The summed E-state index contributed by atoms with van der Waals surface area (Å²) >= 11 is 0. The molecule has 0 aliphatic heterocycles. The SMILES string of the molecule is CCOc1ccc(C(=O)C(C)=NO)cc1OCC. The van der Waals surface area contributed by atoms with Crippen LogP contribution in [-0.2, 0) is 0 Å². The van der Waals surface area contributed by atoms with Gasteiger partial charge in [0.1, 0.15) is 5.71 Å². The van der Waals surface area contributed by atoms with Gasteiger partial charge >= 0.3 is 0 Å². The van der Waals surface area contributed by atoms with Crippen molar-refractivity contribution in [2.75, 3.05) is 13.2 Å². The maximum absolute atomic E-state index is 11.8. The van der Waals surface area contributed by atoms with Crippen molar-refractivity contribution in [2.24, 2.45) is 5.16 Å². The molecule has 0 saturated carbocycles. The topological polar surface area (TPSA) is 68.1 Å². The Morgan fingerprint density at radius 2 is 1.83 bits per heavy atom. The lowest BCUT2D eigenvalue weighted by molar-refractivity contribution is 0.106. The van der Waals surface area contributed by atoms with E-state index in [0.717, 1.165) is 0 Å². The lowest BCUT2D eigenvalue weighted by Crippen LogP contribution is -2.11. The molecule has 0 aliphatic rings. The summed E-state index contributed by atoms with van der Waals surface area (Å²) in [6.07, 6.45) is 0. The second kappa shape index (κ2) is 6.64. The summed E-state index contributed by atoms with van der Waals surface area (Å²) in [6.45, 7) is 6.16. The van der Waals surface area contributed by atoms with Gasteiger partial charge in [0.15, 0.2) is 11.5 Å². The van der Waals surface area contributed by atoms with Crippen LogP contribution >= 0.6 is 0 Å². The molecule has 0 atom stereocenters. The Morgan fingerprint density at radius 3 is 2.39 bits per heavy atom. The zero-order chi connectivity index (χ0) is 13.5. The quantitative estimate of drug-likeness (QED) is 0.365. The lowest BCUT2D eigenvalue weighted by Gasteiger charge is -2.11. The summed E-state index contributed by atoms with van der Waals surface area (Å²) in [6, 6.07) is 4.88. The summed E-state index contributed by atoms with van der Waals surface area (Å²) < 4.78 is 10.8. The third-order valence-electron chi connectivity index (χ3n) is 2.28. The zero-order valence-corrected chi connectivity index (χ0v) is 10.8. The molecule has 0 spiro atoms. The van der Waals surface area contributed by atoms with Crippen LogP contribution in [-0.4, -0.2) is 29.9 Å². The Balaban J connectivity index is 3.10. The van der Waals surface area contributed by atoms with Gasteiger partial charge in [-0.15, -0.1) is 0 Å². The highest BCUT2D eigenvalue weighted by Gasteiger charge is 2.14. The van der Waals surface area contributed by atoms with Crippen molar-refractivity contribution < 1.29 is 19.5 Å². The van der Waals surface area contributed by atoms with Gasteiger partial charge in [-0.2, -0.15) is 0 Å². The van der Waals surface area contributed by atoms with Crippen LogP contribution in [0.3, 0.4) is 0 Å². The predicted octanol–water partition coefficient (Wildman–Crippen LogP) is 2.52. The number of benzene rings is 1. The number of carbonyl (C=O) groups is 1. The molecule has 0 aromatic heterocycles. The first-order valence-corrected chi connectivity index (χ1v) is 5.77. The largest absolute Gasteiger partial charge is 0.490 e. The Morgan fingerprint density at radius 1 is 1.22 bits per heavy atom. The van der Waals surface area contributed by atoms with E-state index in [-0.39, 0.29) is 11.5 Å². The molecule has 5 heteroatoms. The second-order valence-corrected chi connectivity index (χ2v) is 3.54. The van der Waals surface area contributed by atoms with Gasteiger partial charge in [-0.05, 0) is 39.0 Å². The fourth-order valence-corrected chi connectivity index (χ4v) is 1.45. The van der Waals surface area contributed by atoms with E-state index in [0.29, 0.717) is 30.3 Å². The number of hydrogen-bond donors (Lipinski definition) is 1. The number of ketones is 1. The van der Waals surface area contributed by atoms with Crippen LogP contribution in [0, 0.1) is 0 Å². The fraction of sp³-hybridized carbons (Fsp3) is 0.385. The van der Waals surface area contributed by atoms with Crippen LogP contribution in [0.1, 0.15) is 31.1 Å². The predicted molar refractivity (Wildman–Crippen MR) is 68.0 cm³/mol. The van der Waals surface area contributed by atoms with E-state index in [1.807, 2.05) is 13.8 Å². The molecule has 0 amide bonds. The molecule has 1 rings (SSSR count). The molecule has 98 valence electrons. The molecular formula is C13H17NO4. The standard InChI is InChI=1S/C13H17NO4/c1-4-17-11-7-6-10(8-12(11)18-5-2)13(15)9(3)14-16/h6-8,16H,4-5H2,1-3H3. The summed E-state index contributed by atoms with van der Waals surface area (Å²) in [5, 5.41) is 11.5. The first-order valence-electron chi connectivity index (χ1n) is 5.77. The normalized spacial score (nSPS) is 11.2. The van der Waals surface area contributed by atoms with E-state index in [1.54, 1.807) is 18.2 Å². The summed E-state index contributed by atoms with van der Waals surface area (Å²) in [5.41, 5.74) is 0.429. The minimum atomic E-state index is -0.346. The minimum absolute atomic E-state index is 0.0293. The monoisotopic (exact) mass is 251 g/mol. The van der Waals surface area contributed by atoms with Gasteiger partial charge in [0.25, 0.3) is 0 Å². The van der Waals surface area contributed by atoms with Gasteiger partial charge in [-0.25, -0.2) is 0 Å². The number of hydrogen-bond acceptors (Lipinski definition) is 5. The van der Waals surface area contributed by atoms with Crippen molar-refractivity contribution in [3.8, 4) is 11.5 Å². The number of oxime groups is 1. The minimum Gasteiger partial charge on any atom is -0.490 e. The van der Waals surface area contributed by atoms with E-state index in [4.69, 9.17) is 14.7 Å². The highest BCUT2D eigenvalue weighted by atomic mass is 16.5. The molecule has 18 heavy (non-hydrogen) atoms. The van der Waals surface area contributed by atoms with Gasteiger partial charge < -0.3 is 14.7 Å². The first-order chi connectivity index (χ1) is 8.63. The van der Waals surface area contributed by atoms with Crippen molar-refractivity contribution in [2.45, 2.75) is 20.8 Å². The molecule has 1 aromatic rings. The molecule has 0 radical (unpaired) electrons. The average Bonchev–Trinajstić information content (AvgIpc) is 2.39. The molecule has 0 fully saturated rings. The van der Waals surface area contributed by atoms with Crippen molar-refractivity contribution >= 4 is 11.5 Å². The Hall–Kier alpha value is -2.04.